The van der Waals surface area contributed by atoms with Crippen molar-refractivity contribution in [2.75, 3.05) is 7.11 Å². The molecule has 0 aliphatic carbocycles. The summed E-state index contributed by atoms with van der Waals surface area (Å²) in [5, 5.41) is 7.85. The van der Waals surface area contributed by atoms with E-state index in [0.717, 1.165) is 16.9 Å². The Kier molecular flexibility index (Phi) is 5.14. The van der Waals surface area contributed by atoms with Gasteiger partial charge < -0.3 is 10.1 Å². The van der Waals surface area contributed by atoms with Gasteiger partial charge in [-0.15, -0.1) is 0 Å². The number of benzene rings is 2. The average Bonchev–Trinajstić information content (AvgIpc) is 3.02. The minimum Gasteiger partial charge on any atom is -0.497 e. The van der Waals surface area contributed by atoms with Crippen LogP contribution in [0.25, 0.3) is 5.69 Å². The normalized spacial score (nSPS) is 12.2. The fourth-order valence-electron chi connectivity index (χ4n) is 2.85. The van der Waals surface area contributed by atoms with Gasteiger partial charge in [0.25, 0.3) is 0 Å². The van der Waals surface area contributed by atoms with Crippen LogP contribution in [-0.2, 0) is 6.54 Å². The second kappa shape index (κ2) is 7.49. The van der Waals surface area contributed by atoms with Gasteiger partial charge in [-0.25, -0.2) is 9.07 Å². The van der Waals surface area contributed by atoms with Gasteiger partial charge >= 0.3 is 0 Å². The Hall–Kier alpha value is -2.66. The maximum Gasteiger partial charge on any atom is 0.131 e. The molecule has 0 fully saturated rings. The van der Waals surface area contributed by atoms with Crippen LogP contribution in [0.2, 0.25) is 0 Å². The molecule has 1 N–H and O–H groups in total. The number of nitrogens with one attached hydrogen (secondary N) is 1. The fraction of sp³-hybridized carbons (Fsp3) is 0.250. The summed E-state index contributed by atoms with van der Waals surface area (Å²) in [7, 11) is 1.53. The maximum absolute atomic E-state index is 14.1. The van der Waals surface area contributed by atoms with Gasteiger partial charge in [0.05, 0.1) is 19.0 Å². The zero-order valence-corrected chi connectivity index (χ0v) is 14.7. The van der Waals surface area contributed by atoms with E-state index >= 15 is 0 Å². The molecule has 1 atom stereocenters. The standard InChI is InChI=1S/C20H22FN3O/c1-14(22-12-16-9-10-18(25-3)11-20(16)21)19-13-23-24(15(19)2)17-7-5-4-6-8-17/h4-11,13-14,22H,12H2,1-3H3/t14-/m0/s1. The topological polar surface area (TPSA) is 39.1 Å². The van der Waals surface area contributed by atoms with Crippen LogP contribution in [0.5, 0.6) is 5.75 Å². The smallest absolute Gasteiger partial charge is 0.131 e. The quantitative estimate of drug-likeness (QED) is 0.732. The van der Waals surface area contributed by atoms with E-state index in [1.54, 1.807) is 12.1 Å². The van der Waals surface area contributed by atoms with E-state index in [-0.39, 0.29) is 11.9 Å². The van der Waals surface area contributed by atoms with Crippen LogP contribution in [0.4, 0.5) is 4.39 Å². The number of aromatic nitrogens is 2. The van der Waals surface area contributed by atoms with Crippen LogP contribution >= 0.6 is 0 Å². The van der Waals surface area contributed by atoms with Crippen molar-refractivity contribution in [2.24, 2.45) is 0 Å². The van der Waals surface area contributed by atoms with E-state index < -0.39 is 0 Å². The second-order valence-corrected chi connectivity index (χ2v) is 5.99. The SMILES string of the molecule is COc1ccc(CN[C@@H](C)c2cnn(-c3ccccc3)c2C)c(F)c1. The van der Waals surface area contributed by atoms with E-state index in [2.05, 4.69) is 17.3 Å². The largest absolute Gasteiger partial charge is 0.497 e. The monoisotopic (exact) mass is 339 g/mol. The highest BCUT2D eigenvalue weighted by molar-refractivity contribution is 5.35. The number of hydrogen-bond donors (Lipinski definition) is 1. The number of ether oxygens (including phenoxy) is 1. The molecular weight excluding hydrogens is 317 g/mol. The van der Waals surface area contributed by atoms with E-state index in [1.807, 2.05) is 48.1 Å². The third-order valence-electron chi connectivity index (χ3n) is 4.37. The second-order valence-electron chi connectivity index (χ2n) is 5.99. The molecule has 0 unspecified atom stereocenters. The highest BCUT2D eigenvalue weighted by Gasteiger charge is 2.14. The molecule has 1 aromatic heterocycles. The number of para-hydroxylation sites is 1. The van der Waals surface area contributed by atoms with Gasteiger partial charge in [0.2, 0.25) is 0 Å². The molecular formula is C20H22FN3O. The number of halogens is 1. The van der Waals surface area contributed by atoms with E-state index in [4.69, 9.17) is 4.74 Å². The molecule has 0 spiro atoms. The summed E-state index contributed by atoms with van der Waals surface area (Å²) in [6.07, 6.45) is 1.87. The van der Waals surface area contributed by atoms with Crippen LogP contribution in [-0.4, -0.2) is 16.9 Å². The van der Waals surface area contributed by atoms with E-state index in [1.165, 1.54) is 13.2 Å². The summed E-state index contributed by atoms with van der Waals surface area (Å²) < 4.78 is 21.0. The Morgan fingerprint density at radius 2 is 1.96 bits per heavy atom. The molecule has 25 heavy (non-hydrogen) atoms. The van der Waals surface area contributed by atoms with E-state index in [0.29, 0.717) is 17.9 Å². The van der Waals surface area contributed by atoms with Crippen molar-refractivity contribution in [1.29, 1.82) is 0 Å². The number of methoxy groups -OCH3 is 1. The third-order valence-corrected chi connectivity index (χ3v) is 4.37. The molecule has 2 aromatic carbocycles. The van der Waals surface area contributed by atoms with Crippen molar-refractivity contribution < 1.29 is 9.13 Å². The highest BCUT2D eigenvalue weighted by atomic mass is 19.1. The van der Waals surface area contributed by atoms with Crippen molar-refractivity contribution >= 4 is 0 Å². The minimum atomic E-state index is -0.268. The van der Waals surface area contributed by atoms with Crippen LogP contribution in [0.15, 0.2) is 54.7 Å². The number of rotatable bonds is 6. The Labute approximate surface area is 147 Å². The van der Waals surface area contributed by atoms with Gasteiger partial charge in [-0.2, -0.15) is 5.10 Å². The van der Waals surface area contributed by atoms with Gasteiger partial charge in [-0.1, -0.05) is 24.3 Å². The van der Waals surface area contributed by atoms with Crippen LogP contribution in [0.1, 0.15) is 29.8 Å². The van der Waals surface area contributed by atoms with Gasteiger partial charge in [0, 0.05) is 35.5 Å². The van der Waals surface area contributed by atoms with Crippen molar-refractivity contribution in [1.82, 2.24) is 15.1 Å². The summed E-state index contributed by atoms with van der Waals surface area (Å²) in [6.45, 7) is 4.54. The minimum absolute atomic E-state index is 0.0546. The van der Waals surface area contributed by atoms with Gasteiger partial charge in [-0.3, -0.25) is 0 Å². The van der Waals surface area contributed by atoms with Crippen LogP contribution < -0.4 is 10.1 Å². The van der Waals surface area contributed by atoms with Crippen molar-refractivity contribution in [3.63, 3.8) is 0 Å². The molecule has 3 rings (SSSR count). The predicted molar refractivity (Wildman–Crippen MR) is 96.5 cm³/mol. The van der Waals surface area contributed by atoms with Gasteiger partial charge in [0.15, 0.2) is 0 Å². The first kappa shape index (κ1) is 17.2. The first-order valence-electron chi connectivity index (χ1n) is 8.26. The van der Waals surface area contributed by atoms with Gasteiger partial charge in [-0.05, 0) is 32.0 Å². The molecule has 0 amide bonds. The lowest BCUT2D eigenvalue weighted by Gasteiger charge is -2.15. The van der Waals surface area contributed by atoms with Crippen molar-refractivity contribution in [3.8, 4) is 11.4 Å². The molecule has 0 aliphatic rings. The summed E-state index contributed by atoms with van der Waals surface area (Å²) in [6, 6.07) is 15.0. The summed E-state index contributed by atoms with van der Waals surface area (Å²) >= 11 is 0. The summed E-state index contributed by atoms with van der Waals surface area (Å²) in [5.41, 5.74) is 3.81. The Morgan fingerprint density at radius 3 is 2.64 bits per heavy atom. The predicted octanol–water partition coefficient (Wildman–Crippen LogP) is 4.18. The van der Waals surface area contributed by atoms with Crippen LogP contribution in [0, 0.1) is 12.7 Å². The zero-order chi connectivity index (χ0) is 17.8. The zero-order valence-electron chi connectivity index (χ0n) is 14.7. The fourth-order valence-corrected chi connectivity index (χ4v) is 2.85. The lowest BCUT2D eigenvalue weighted by molar-refractivity contribution is 0.410. The molecule has 3 aromatic rings. The Morgan fingerprint density at radius 1 is 1.20 bits per heavy atom. The van der Waals surface area contributed by atoms with Crippen molar-refractivity contribution in [2.45, 2.75) is 26.4 Å². The number of hydrogen-bond acceptors (Lipinski definition) is 3. The maximum atomic E-state index is 14.1. The molecule has 4 nitrogen and oxygen atoms in total. The molecule has 5 heteroatoms. The Bertz CT molecular complexity index is 845. The average molecular weight is 339 g/mol. The molecule has 0 saturated heterocycles. The molecule has 1 heterocycles. The third kappa shape index (κ3) is 3.72. The molecule has 0 aliphatic heterocycles. The molecule has 0 radical (unpaired) electrons. The first-order chi connectivity index (χ1) is 12.1. The Balaban J connectivity index is 1.72. The number of nitrogens with zero attached hydrogens (tertiary/aromatic N) is 2. The molecule has 0 bridgehead atoms. The molecule has 130 valence electrons. The lowest BCUT2D eigenvalue weighted by atomic mass is 10.1. The summed E-state index contributed by atoms with van der Waals surface area (Å²) in [5.74, 6) is 0.255. The molecule has 0 saturated carbocycles. The first-order valence-corrected chi connectivity index (χ1v) is 8.26. The van der Waals surface area contributed by atoms with Gasteiger partial charge in [0.1, 0.15) is 11.6 Å². The van der Waals surface area contributed by atoms with Crippen molar-refractivity contribution in [3.05, 3.63) is 77.4 Å². The van der Waals surface area contributed by atoms with E-state index in [9.17, 15) is 4.39 Å². The summed E-state index contributed by atoms with van der Waals surface area (Å²) in [4.78, 5) is 0. The highest BCUT2D eigenvalue weighted by Crippen LogP contribution is 2.21. The van der Waals surface area contributed by atoms with Crippen LogP contribution in [0.3, 0.4) is 0 Å². The lowest BCUT2D eigenvalue weighted by Crippen LogP contribution is -2.19.